The highest BCUT2D eigenvalue weighted by molar-refractivity contribution is 7.72. The van der Waals surface area contributed by atoms with Crippen molar-refractivity contribution in [2.24, 2.45) is 0 Å². The molecule has 0 aromatic heterocycles. The van der Waals surface area contributed by atoms with Gasteiger partial charge in [0.15, 0.2) is 10.7 Å². The lowest BCUT2D eigenvalue weighted by Gasteiger charge is -2.02. The zero-order valence-electron chi connectivity index (χ0n) is 8.33. The van der Waals surface area contributed by atoms with Gasteiger partial charge in [0.1, 0.15) is 5.75 Å². The van der Waals surface area contributed by atoms with Gasteiger partial charge in [-0.2, -0.15) is 0 Å². The number of phenols is 1. The summed E-state index contributed by atoms with van der Waals surface area (Å²) in [5.74, 6) is 0.161. The predicted octanol–water partition coefficient (Wildman–Crippen LogP) is 2.03. The fourth-order valence-electron chi connectivity index (χ4n) is 1.48. The lowest BCUT2D eigenvalue weighted by atomic mass is 10.1. The van der Waals surface area contributed by atoms with Crippen LogP contribution in [0.3, 0.4) is 0 Å². The number of hydrogen-bond acceptors (Lipinski definition) is 3. The van der Waals surface area contributed by atoms with E-state index < -0.39 is 10.7 Å². The zero-order valence-corrected chi connectivity index (χ0v) is 9.22. The van der Waals surface area contributed by atoms with Gasteiger partial charge in [0, 0.05) is 0 Å². The molecule has 0 saturated carbocycles. The summed E-state index contributed by atoms with van der Waals surface area (Å²) in [5, 5.41) is 9.33. The van der Waals surface area contributed by atoms with Crippen LogP contribution in [0.2, 0.25) is 0 Å². The first-order valence-corrected chi connectivity index (χ1v) is 5.88. The van der Waals surface area contributed by atoms with Crippen LogP contribution in [0.25, 0.3) is 11.1 Å². The van der Waals surface area contributed by atoms with E-state index in [9.17, 15) is 13.5 Å². The van der Waals surface area contributed by atoms with E-state index in [2.05, 4.69) is 0 Å². The second-order valence-electron chi connectivity index (χ2n) is 3.36. The third kappa shape index (κ3) is 2.23. The van der Waals surface area contributed by atoms with E-state index >= 15 is 0 Å². The fourth-order valence-corrected chi connectivity index (χ4v) is 1.94. The van der Waals surface area contributed by atoms with E-state index in [1.54, 1.807) is 36.4 Å². The number of hydrogen-bond donors (Lipinski definition) is 2. The quantitative estimate of drug-likeness (QED) is 0.782. The Morgan fingerprint density at radius 1 is 0.875 bits per heavy atom. The molecule has 0 amide bonds. The average Bonchev–Trinajstić information content (AvgIpc) is 2.29. The van der Waals surface area contributed by atoms with Gasteiger partial charge in [0.2, 0.25) is 0 Å². The Bertz CT molecular complexity index is 580. The molecule has 0 aliphatic heterocycles. The maximum Gasteiger partial charge on any atom is 0.168 e. The molecule has 0 bridgehead atoms. The van der Waals surface area contributed by atoms with Crippen molar-refractivity contribution in [3.63, 3.8) is 0 Å². The molecule has 2 aromatic rings. The van der Waals surface area contributed by atoms with Gasteiger partial charge in [0.25, 0.3) is 0 Å². The molecule has 2 rings (SSSR count). The summed E-state index contributed by atoms with van der Waals surface area (Å²) in [6.07, 6.45) is 0. The molecule has 2 aromatic carbocycles. The van der Waals surface area contributed by atoms with Crippen LogP contribution < -0.4 is 0 Å². The topological polar surface area (TPSA) is 54.4 Å². The molecular formula is C12H10O3S. The van der Waals surface area contributed by atoms with Crippen LogP contribution in [0.4, 0.5) is 0 Å². The first kappa shape index (κ1) is 10.7. The van der Waals surface area contributed by atoms with E-state index in [4.69, 9.17) is 0 Å². The first-order chi connectivity index (χ1) is 7.66. The second kappa shape index (κ2) is 4.37. The minimum atomic E-state index is -2.57. The molecule has 0 atom stereocenters. The first-order valence-electron chi connectivity index (χ1n) is 4.71. The van der Waals surface area contributed by atoms with E-state index in [1.807, 2.05) is 6.07 Å². The standard InChI is InChI=1S/C12H10O3S/c13-11-5-1-3-9(7-11)10-4-2-6-12(8-10)16(14)15/h1-8,13,16H. The molecule has 16 heavy (non-hydrogen) atoms. The summed E-state index contributed by atoms with van der Waals surface area (Å²) < 4.78 is 21.7. The summed E-state index contributed by atoms with van der Waals surface area (Å²) in [6.45, 7) is 0. The molecule has 0 spiro atoms. The largest absolute Gasteiger partial charge is 0.508 e. The van der Waals surface area contributed by atoms with Crippen molar-refractivity contribution in [2.75, 3.05) is 0 Å². The maximum absolute atomic E-state index is 10.8. The molecule has 0 fully saturated rings. The van der Waals surface area contributed by atoms with Gasteiger partial charge in [0.05, 0.1) is 4.90 Å². The van der Waals surface area contributed by atoms with Crippen LogP contribution in [0.1, 0.15) is 0 Å². The van der Waals surface area contributed by atoms with Crippen LogP contribution in [0.5, 0.6) is 5.75 Å². The fraction of sp³-hybridized carbons (Fsp3) is 0. The summed E-state index contributed by atoms with van der Waals surface area (Å²) in [4.78, 5) is 0.274. The average molecular weight is 234 g/mol. The van der Waals surface area contributed by atoms with Crippen LogP contribution in [-0.4, -0.2) is 13.5 Å². The van der Waals surface area contributed by atoms with Crippen molar-refractivity contribution in [1.29, 1.82) is 0 Å². The van der Waals surface area contributed by atoms with Gasteiger partial charge in [-0.1, -0.05) is 24.3 Å². The number of rotatable bonds is 2. The normalized spacial score (nSPS) is 10.6. The number of phenolic OH excluding ortho intramolecular Hbond substituents is 1. The molecule has 0 unspecified atom stereocenters. The van der Waals surface area contributed by atoms with Crippen molar-refractivity contribution in [1.82, 2.24) is 0 Å². The lowest BCUT2D eigenvalue weighted by Crippen LogP contribution is -1.82. The molecule has 0 saturated heterocycles. The van der Waals surface area contributed by atoms with Gasteiger partial charge in [-0.05, 0) is 35.4 Å². The van der Waals surface area contributed by atoms with Gasteiger partial charge in [-0.25, -0.2) is 8.42 Å². The van der Waals surface area contributed by atoms with Crippen LogP contribution in [0.15, 0.2) is 53.4 Å². The molecule has 1 N–H and O–H groups in total. The van der Waals surface area contributed by atoms with Gasteiger partial charge in [-0.3, -0.25) is 0 Å². The Labute approximate surface area is 94.9 Å². The SMILES string of the molecule is O=[SH](=O)c1cccc(-c2cccc(O)c2)c1. The van der Waals surface area contributed by atoms with Crippen LogP contribution in [-0.2, 0) is 10.7 Å². The van der Waals surface area contributed by atoms with E-state index in [-0.39, 0.29) is 10.6 Å². The molecule has 0 heterocycles. The molecule has 82 valence electrons. The van der Waals surface area contributed by atoms with Gasteiger partial charge >= 0.3 is 0 Å². The smallest absolute Gasteiger partial charge is 0.168 e. The van der Waals surface area contributed by atoms with Crippen molar-refractivity contribution in [2.45, 2.75) is 4.90 Å². The highest BCUT2D eigenvalue weighted by Crippen LogP contribution is 2.24. The van der Waals surface area contributed by atoms with Crippen molar-refractivity contribution in [3.05, 3.63) is 48.5 Å². The van der Waals surface area contributed by atoms with E-state index in [0.29, 0.717) is 0 Å². The monoisotopic (exact) mass is 234 g/mol. The third-order valence-electron chi connectivity index (χ3n) is 2.24. The third-order valence-corrected chi connectivity index (χ3v) is 2.94. The lowest BCUT2D eigenvalue weighted by molar-refractivity contribution is 0.475. The van der Waals surface area contributed by atoms with E-state index in [1.165, 1.54) is 6.07 Å². The van der Waals surface area contributed by atoms with Crippen molar-refractivity contribution < 1.29 is 13.5 Å². The molecule has 0 aliphatic rings. The van der Waals surface area contributed by atoms with Crippen LogP contribution >= 0.6 is 0 Å². The Kier molecular flexibility index (Phi) is 2.92. The number of aromatic hydroxyl groups is 1. The molecule has 3 nitrogen and oxygen atoms in total. The summed E-state index contributed by atoms with van der Waals surface area (Å²) in [6, 6.07) is 13.3. The Balaban J connectivity index is 2.52. The molecule has 4 heteroatoms. The Morgan fingerprint density at radius 2 is 1.50 bits per heavy atom. The predicted molar refractivity (Wildman–Crippen MR) is 62.1 cm³/mol. The highest BCUT2D eigenvalue weighted by Gasteiger charge is 2.01. The number of benzene rings is 2. The summed E-state index contributed by atoms with van der Waals surface area (Å²) >= 11 is 0. The van der Waals surface area contributed by atoms with Crippen molar-refractivity contribution >= 4 is 10.7 Å². The summed E-state index contributed by atoms with van der Waals surface area (Å²) in [5.41, 5.74) is 1.56. The zero-order chi connectivity index (χ0) is 11.5. The van der Waals surface area contributed by atoms with Crippen molar-refractivity contribution in [3.8, 4) is 16.9 Å². The van der Waals surface area contributed by atoms with Gasteiger partial charge < -0.3 is 5.11 Å². The molecule has 0 radical (unpaired) electrons. The number of thiol groups is 1. The van der Waals surface area contributed by atoms with E-state index in [0.717, 1.165) is 11.1 Å². The van der Waals surface area contributed by atoms with Crippen LogP contribution in [0, 0.1) is 0 Å². The van der Waals surface area contributed by atoms with Gasteiger partial charge in [-0.15, -0.1) is 0 Å². The maximum atomic E-state index is 10.8. The molecular weight excluding hydrogens is 224 g/mol. The Morgan fingerprint density at radius 3 is 2.12 bits per heavy atom. The minimum absolute atomic E-state index is 0.161. The molecule has 0 aliphatic carbocycles. The summed E-state index contributed by atoms with van der Waals surface area (Å²) in [7, 11) is -2.57. The second-order valence-corrected chi connectivity index (χ2v) is 4.39. The Hall–Kier alpha value is -1.81. The highest BCUT2D eigenvalue weighted by atomic mass is 32.2. The minimum Gasteiger partial charge on any atom is -0.508 e.